The van der Waals surface area contributed by atoms with Gasteiger partial charge in [-0.2, -0.15) is 0 Å². The first-order valence-electron chi connectivity index (χ1n) is 2.78. The SMILES string of the molecule is O=c1[nH]cno1.O=c1[nH]cno1. The molecule has 0 radical (unpaired) electrons. The van der Waals surface area contributed by atoms with Crippen LogP contribution in [0.5, 0.6) is 0 Å². The van der Waals surface area contributed by atoms with Crippen molar-refractivity contribution in [3.05, 3.63) is 33.8 Å². The maximum Gasteiger partial charge on any atom is 0.438 e. The molecule has 2 aromatic rings. The van der Waals surface area contributed by atoms with E-state index in [1.165, 1.54) is 12.7 Å². The van der Waals surface area contributed by atoms with Crippen molar-refractivity contribution >= 4 is 0 Å². The molecule has 64 valence electrons. The molecule has 2 aromatic heterocycles. The predicted octanol–water partition coefficient (Wildman–Crippen LogP) is -1.27. The summed E-state index contributed by atoms with van der Waals surface area (Å²) in [5, 5.41) is 6.16. The van der Waals surface area contributed by atoms with Gasteiger partial charge in [0, 0.05) is 0 Å². The Balaban J connectivity index is 0.000000120. The average Bonchev–Trinajstić information content (AvgIpc) is 2.63. The lowest BCUT2D eigenvalue weighted by Crippen LogP contribution is -1.92. The third-order valence-corrected chi connectivity index (χ3v) is 0.741. The minimum atomic E-state index is -0.519. The van der Waals surface area contributed by atoms with Crippen molar-refractivity contribution in [2.45, 2.75) is 0 Å². The summed E-state index contributed by atoms with van der Waals surface area (Å²) >= 11 is 0. The van der Waals surface area contributed by atoms with Crippen LogP contribution in [-0.2, 0) is 0 Å². The molecule has 0 aromatic carbocycles. The van der Waals surface area contributed by atoms with Crippen LogP contribution in [-0.4, -0.2) is 20.3 Å². The largest absolute Gasteiger partial charge is 0.438 e. The minimum Gasteiger partial charge on any atom is -0.296 e. The molecule has 0 saturated heterocycles. The van der Waals surface area contributed by atoms with E-state index in [4.69, 9.17) is 0 Å². The molecule has 0 amide bonds. The van der Waals surface area contributed by atoms with E-state index in [1.807, 2.05) is 0 Å². The second-order valence-electron chi connectivity index (χ2n) is 1.52. The molecule has 8 heteroatoms. The van der Waals surface area contributed by atoms with Crippen molar-refractivity contribution < 1.29 is 9.05 Å². The van der Waals surface area contributed by atoms with Crippen molar-refractivity contribution in [1.82, 2.24) is 20.3 Å². The fraction of sp³-hybridized carbons (Fsp3) is 0. The first-order valence-corrected chi connectivity index (χ1v) is 2.78. The Morgan fingerprint density at radius 2 is 1.42 bits per heavy atom. The minimum absolute atomic E-state index is 0.519. The van der Waals surface area contributed by atoms with Crippen LogP contribution in [0.15, 0.2) is 31.3 Å². The van der Waals surface area contributed by atoms with Gasteiger partial charge in [0.15, 0.2) is 0 Å². The highest BCUT2D eigenvalue weighted by molar-refractivity contribution is 4.41. The first kappa shape index (κ1) is 7.98. The Hall–Kier alpha value is -2.12. The Labute approximate surface area is 64.2 Å². The van der Waals surface area contributed by atoms with Gasteiger partial charge in [0.2, 0.25) is 0 Å². The van der Waals surface area contributed by atoms with Crippen molar-refractivity contribution in [1.29, 1.82) is 0 Å². The molecular formula is C4H4N4O4. The zero-order valence-corrected chi connectivity index (χ0v) is 5.68. The second kappa shape index (κ2) is 3.91. The van der Waals surface area contributed by atoms with Gasteiger partial charge in [-0.1, -0.05) is 10.3 Å². The summed E-state index contributed by atoms with van der Waals surface area (Å²) in [6.07, 6.45) is 2.37. The normalized spacial score (nSPS) is 8.67. The Morgan fingerprint density at radius 1 is 1.00 bits per heavy atom. The standard InChI is InChI=1S/2C2H2N2O2/c2*5-2-3-1-4-6-2/h2*1H,(H,3,4,5). The second-order valence-corrected chi connectivity index (χ2v) is 1.52. The third kappa shape index (κ3) is 2.64. The van der Waals surface area contributed by atoms with E-state index in [0.717, 1.165) is 0 Å². The van der Waals surface area contributed by atoms with Crippen LogP contribution in [0.25, 0.3) is 0 Å². The number of H-pyrrole nitrogens is 2. The van der Waals surface area contributed by atoms with Gasteiger partial charge >= 0.3 is 11.5 Å². The fourth-order valence-corrected chi connectivity index (χ4v) is 0.359. The molecule has 0 saturated carbocycles. The molecule has 2 heterocycles. The summed E-state index contributed by atoms with van der Waals surface area (Å²) in [7, 11) is 0. The maximum absolute atomic E-state index is 9.78. The molecule has 0 atom stereocenters. The van der Waals surface area contributed by atoms with Gasteiger partial charge < -0.3 is 0 Å². The topological polar surface area (TPSA) is 118 Å². The summed E-state index contributed by atoms with van der Waals surface area (Å²) in [5.74, 6) is -1.04. The van der Waals surface area contributed by atoms with Crippen molar-refractivity contribution in [3.63, 3.8) is 0 Å². The lowest BCUT2D eigenvalue weighted by molar-refractivity contribution is 0.386. The van der Waals surface area contributed by atoms with Crippen molar-refractivity contribution in [2.24, 2.45) is 0 Å². The maximum atomic E-state index is 9.78. The van der Waals surface area contributed by atoms with E-state index < -0.39 is 11.5 Å². The third-order valence-electron chi connectivity index (χ3n) is 0.741. The Morgan fingerprint density at radius 3 is 1.50 bits per heavy atom. The van der Waals surface area contributed by atoms with E-state index in [0.29, 0.717) is 0 Å². The summed E-state index contributed by atoms with van der Waals surface area (Å²) in [6, 6.07) is 0. The number of rotatable bonds is 0. The van der Waals surface area contributed by atoms with Crippen LogP contribution in [0.4, 0.5) is 0 Å². The number of nitrogens with zero attached hydrogens (tertiary/aromatic N) is 2. The van der Waals surface area contributed by atoms with Crippen LogP contribution in [0.3, 0.4) is 0 Å². The summed E-state index contributed by atoms with van der Waals surface area (Å²) < 4.78 is 7.94. The number of hydrogen-bond donors (Lipinski definition) is 2. The lowest BCUT2D eigenvalue weighted by atomic mass is 11.3. The molecule has 0 aliphatic carbocycles. The molecule has 0 aliphatic rings. The molecule has 12 heavy (non-hydrogen) atoms. The molecule has 0 bridgehead atoms. The molecular weight excluding hydrogens is 168 g/mol. The van der Waals surface area contributed by atoms with Gasteiger partial charge in [-0.3, -0.25) is 19.0 Å². The van der Waals surface area contributed by atoms with Gasteiger partial charge in [0.05, 0.1) is 0 Å². The van der Waals surface area contributed by atoms with Gasteiger partial charge in [-0.15, -0.1) is 0 Å². The predicted molar refractivity (Wildman–Crippen MR) is 34.2 cm³/mol. The van der Waals surface area contributed by atoms with Crippen LogP contribution >= 0.6 is 0 Å². The molecule has 2 rings (SSSR count). The lowest BCUT2D eigenvalue weighted by Gasteiger charge is -1.47. The van der Waals surface area contributed by atoms with E-state index in [9.17, 15) is 9.59 Å². The highest BCUT2D eigenvalue weighted by Crippen LogP contribution is 1.52. The number of hydrogen-bond acceptors (Lipinski definition) is 6. The van der Waals surface area contributed by atoms with Gasteiger partial charge in [-0.25, -0.2) is 9.59 Å². The summed E-state index contributed by atoms with van der Waals surface area (Å²) in [6.45, 7) is 0. The fourth-order valence-electron chi connectivity index (χ4n) is 0.359. The van der Waals surface area contributed by atoms with Crippen LogP contribution in [0.2, 0.25) is 0 Å². The first-order chi connectivity index (χ1) is 5.79. The van der Waals surface area contributed by atoms with E-state index >= 15 is 0 Å². The molecule has 0 fully saturated rings. The Bertz CT molecular complexity index is 335. The van der Waals surface area contributed by atoms with Crippen LogP contribution in [0, 0.1) is 0 Å². The van der Waals surface area contributed by atoms with E-state index in [-0.39, 0.29) is 0 Å². The van der Waals surface area contributed by atoms with E-state index in [2.05, 4.69) is 29.3 Å². The highest BCUT2D eigenvalue weighted by atomic mass is 16.5. The van der Waals surface area contributed by atoms with Crippen molar-refractivity contribution in [2.75, 3.05) is 0 Å². The van der Waals surface area contributed by atoms with Gasteiger partial charge in [0.25, 0.3) is 0 Å². The van der Waals surface area contributed by atoms with Crippen LogP contribution in [0.1, 0.15) is 0 Å². The highest BCUT2D eigenvalue weighted by Gasteiger charge is 1.75. The molecule has 2 N–H and O–H groups in total. The summed E-state index contributed by atoms with van der Waals surface area (Å²) in [4.78, 5) is 23.9. The van der Waals surface area contributed by atoms with Gasteiger partial charge in [0.1, 0.15) is 12.7 Å². The Kier molecular flexibility index (Phi) is 2.60. The zero-order chi connectivity index (χ0) is 8.81. The summed E-state index contributed by atoms with van der Waals surface area (Å²) in [5.41, 5.74) is 0. The smallest absolute Gasteiger partial charge is 0.296 e. The zero-order valence-electron chi connectivity index (χ0n) is 5.68. The van der Waals surface area contributed by atoms with Crippen LogP contribution < -0.4 is 11.5 Å². The average molecular weight is 172 g/mol. The number of aromatic amines is 2. The number of aromatic nitrogens is 4. The molecule has 0 spiro atoms. The van der Waals surface area contributed by atoms with Gasteiger partial charge in [-0.05, 0) is 0 Å². The van der Waals surface area contributed by atoms with Crippen molar-refractivity contribution in [3.8, 4) is 0 Å². The quantitative estimate of drug-likeness (QED) is 0.511. The molecule has 8 nitrogen and oxygen atoms in total. The molecule has 0 aliphatic heterocycles. The monoisotopic (exact) mass is 172 g/mol. The molecule has 0 unspecified atom stereocenters. The van der Waals surface area contributed by atoms with E-state index in [1.54, 1.807) is 0 Å². The number of nitrogens with one attached hydrogen (secondary N) is 2.